The topological polar surface area (TPSA) is 3.24 Å². The average Bonchev–Trinajstić information content (AvgIpc) is 2.48. The molecular formula is C11H15Cl2NS. The Morgan fingerprint density at radius 3 is 3.00 bits per heavy atom. The third kappa shape index (κ3) is 3.63. The zero-order valence-electron chi connectivity index (χ0n) is 8.59. The second-order valence-corrected chi connectivity index (χ2v) is 6.22. The number of nitrogens with zero attached hydrogens (tertiary/aromatic N) is 1. The maximum absolute atomic E-state index is 6.15. The molecule has 0 aliphatic carbocycles. The minimum Gasteiger partial charge on any atom is -0.299 e. The Bertz CT molecular complexity index is 313. The summed E-state index contributed by atoms with van der Waals surface area (Å²) in [5.41, 5.74) is 1.33. The van der Waals surface area contributed by atoms with Gasteiger partial charge >= 0.3 is 0 Å². The first kappa shape index (κ1) is 11.7. The summed E-state index contributed by atoms with van der Waals surface area (Å²) in [7, 11) is 0. The molecule has 0 amide bonds. The molecule has 0 bridgehead atoms. The maximum Gasteiger partial charge on any atom is 0.0931 e. The molecule has 0 spiro atoms. The summed E-state index contributed by atoms with van der Waals surface area (Å²) in [5.74, 6) is 0. The van der Waals surface area contributed by atoms with Crippen LogP contribution in [0.4, 0.5) is 0 Å². The van der Waals surface area contributed by atoms with Crippen LogP contribution in [0.15, 0.2) is 11.4 Å². The minimum absolute atomic E-state index is 0.376. The predicted molar refractivity (Wildman–Crippen MR) is 68.1 cm³/mol. The zero-order valence-corrected chi connectivity index (χ0v) is 10.9. The highest BCUT2D eigenvalue weighted by molar-refractivity contribution is 7.14. The summed E-state index contributed by atoms with van der Waals surface area (Å²) in [5, 5.41) is 2.52. The van der Waals surface area contributed by atoms with Crippen LogP contribution in [0.3, 0.4) is 0 Å². The normalized spacial score (nSPS) is 24.0. The minimum atomic E-state index is 0.376. The fourth-order valence-electron chi connectivity index (χ4n) is 1.96. The van der Waals surface area contributed by atoms with Gasteiger partial charge in [0.05, 0.1) is 4.34 Å². The highest BCUT2D eigenvalue weighted by atomic mass is 35.5. The third-order valence-corrected chi connectivity index (χ3v) is 4.35. The van der Waals surface area contributed by atoms with Gasteiger partial charge in [0, 0.05) is 11.9 Å². The van der Waals surface area contributed by atoms with Crippen molar-refractivity contribution in [1.29, 1.82) is 0 Å². The molecule has 1 saturated heterocycles. The summed E-state index contributed by atoms with van der Waals surface area (Å²) in [4.78, 5) is 2.47. The maximum atomic E-state index is 6.15. The van der Waals surface area contributed by atoms with Crippen LogP contribution in [0.2, 0.25) is 4.34 Å². The number of thiophene rings is 1. The van der Waals surface area contributed by atoms with E-state index in [0.29, 0.717) is 5.38 Å². The Hall–Kier alpha value is 0.240. The average molecular weight is 264 g/mol. The van der Waals surface area contributed by atoms with E-state index in [1.165, 1.54) is 12.0 Å². The molecule has 1 fully saturated rings. The van der Waals surface area contributed by atoms with E-state index in [0.717, 1.165) is 36.8 Å². The predicted octanol–water partition coefficient (Wildman–Crippen LogP) is 3.99. The van der Waals surface area contributed by atoms with Crippen LogP contribution in [0, 0.1) is 0 Å². The summed E-state index contributed by atoms with van der Waals surface area (Å²) >= 11 is 13.7. The molecule has 1 nitrogen and oxygen atoms in total. The summed E-state index contributed by atoms with van der Waals surface area (Å²) < 4.78 is 0.884. The summed E-state index contributed by atoms with van der Waals surface area (Å²) in [6.45, 7) is 3.30. The van der Waals surface area contributed by atoms with Crippen molar-refractivity contribution in [1.82, 2.24) is 4.90 Å². The van der Waals surface area contributed by atoms with E-state index in [-0.39, 0.29) is 0 Å². The van der Waals surface area contributed by atoms with Crippen LogP contribution in [0.1, 0.15) is 24.8 Å². The molecule has 2 heterocycles. The van der Waals surface area contributed by atoms with Crippen molar-refractivity contribution in [2.24, 2.45) is 0 Å². The van der Waals surface area contributed by atoms with E-state index in [1.54, 1.807) is 11.3 Å². The van der Waals surface area contributed by atoms with Crippen molar-refractivity contribution in [3.63, 3.8) is 0 Å². The molecule has 0 saturated carbocycles. The molecule has 15 heavy (non-hydrogen) atoms. The first-order valence-corrected chi connectivity index (χ1v) is 7.03. The lowest BCUT2D eigenvalue weighted by atomic mass is 10.2. The molecule has 1 aliphatic heterocycles. The van der Waals surface area contributed by atoms with Gasteiger partial charge in [0.2, 0.25) is 0 Å². The fourth-order valence-corrected chi connectivity index (χ4v) is 3.11. The molecule has 0 radical (unpaired) electrons. The molecule has 1 aliphatic rings. The van der Waals surface area contributed by atoms with Crippen molar-refractivity contribution in [3.05, 3.63) is 21.3 Å². The Balaban J connectivity index is 1.88. The number of alkyl halides is 1. The molecular weight excluding hydrogens is 249 g/mol. The highest BCUT2D eigenvalue weighted by Gasteiger charge is 2.15. The smallest absolute Gasteiger partial charge is 0.0931 e. The van der Waals surface area contributed by atoms with Gasteiger partial charge < -0.3 is 0 Å². The monoisotopic (exact) mass is 263 g/mol. The third-order valence-electron chi connectivity index (χ3n) is 2.78. The standard InChI is InChI=1S/C11H15Cl2NS/c12-10-2-1-4-14(5-3-10)7-9-6-11(13)15-8-9/h6,8,10H,1-5,7H2. The second kappa shape index (κ2) is 5.53. The lowest BCUT2D eigenvalue weighted by Crippen LogP contribution is -2.24. The summed E-state index contributed by atoms with van der Waals surface area (Å²) in [6, 6.07) is 2.06. The van der Waals surface area contributed by atoms with E-state index in [1.807, 2.05) is 0 Å². The lowest BCUT2D eigenvalue weighted by molar-refractivity contribution is 0.277. The molecule has 1 aromatic rings. The van der Waals surface area contributed by atoms with E-state index in [4.69, 9.17) is 23.2 Å². The quantitative estimate of drug-likeness (QED) is 0.730. The van der Waals surface area contributed by atoms with Gasteiger partial charge in [-0.3, -0.25) is 4.90 Å². The van der Waals surface area contributed by atoms with Gasteiger partial charge in [-0.05, 0) is 49.4 Å². The van der Waals surface area contributed by atoms with Gasteiger partial charge in [-0.25, -0.2) is 0 Å². The number of halogens is 2. The Morgan fingerprint density at radius 1 is 1.40 bits per heavy atom. The van der Waals surface area contributed by atoms with Crippen molar-refractivity contribution < 1.29 is 0 Å². The zero-order chi connectivity index (χ0) is 10.7. The molecule has 4 heteroatoms. The number of likely N-dealkylation sites (tertiary alicyclic amines) is 1. The number of hydrogen-bond donors (Lipinski definition) is 0. The number of rotatable bonds is 2. The number of hydrogen-bond acceptors (Lipinski definition) is 2. The van der Waals surface area contributed by atoms with Crippen LogP contribution in [-0.2, 0) is 6.54 Å². The largest absolute Gasteiger partial charge is 0.299 e. The van der Waals surface area contributed by atoms with Crippen LogP contribution in [0.5, 0.6) is 0 Å². The first-order valence-electron chi connectivity index (χ1n) is 5.33. The van der Waals surface area contributed by atoms with E-state index in [2.05, 4.69) is 16.3 Å². The first-order chi connectivity index (χ1) is 7.24. The van der Waals surface area contributed by atoms with Crippen molar-refractivity contribution in [3.8, 4) is 0 Å². The molecule has 0 N–H and O–H groups in total. The lowest BCUT2D eigenvalue weighted by Gasteiger charge is -2.18. The van der Waals surface area contributed by atoms with E-state index < -0.39 is 0 Å². The van der Waals surface area contributed by atoms with E-state index in [9.17, 15) is 0 Å². The van der Waals surface area contributed by atoms with Crippen LogP contribution in [-0.4, -0.2) is 23.4 Å². The molecule has 84 valence electrons. The van der Waals surface area contributed by atoms with Crippen LogP contribution in [0.25, 0.3) is 0 Å². The molecule has 2 rings (SSSR count). The summed E-state index contributed by atoms with van der Waals surface area (Å²) in [6.07, 6.45) is 3.48. The van der Waals surface area contributed by atoms with Crippen molar-refractivity contribution in [2.45, 2.75) is 31.2 Å². The van der Waals surface area contributed by atoms with Crippen molar-refractivity contribution >= 4 is 34.5 Å². The highest BCUT2D eigenvalue weighted by Crippen LogP contribution is 2.23. The molecule has 1 unspecified atom stereocenters. The van der Waals surface area contributed by atoms with Gasteiger partial charge in [0.25, 0.3) is 0 Å². The van der Waals surface area contributed by atoms with Crippen LogP contribution >= 0.6 is 34.5 Å². The van der Waals surface area contributed by atoms with Crippen LogP contribution < -0.4 is 0 Å². The van der Waals surface area contributed by atoms with Gasteiger partial charge in [-0.2, -0.15) is 0 Å². The van der Waals surface area contributed by atoms with Gasteiger partial charge in [0.1, 0.15) is 0 Å². The van der Waals surface area contributed by atoms with E-state index >= 15 is 0 Å². The second-order valence-electron chi connectivity index (χ2n) is 4.06. The molecule has 1 aromatic heterocycles. The fraction of sp³-hybridized carbons (Fsp3) is 0.636. The Morgan fingerprint density at radius 2 is 2.27 bits per heavy atom. The van der Waals surface area contributed by atoms with Gasteiger partial charge in [-0.1, -0.05) is 11.6 Å². The Kier molecular flexibility index (Phi) is 4.32. The van der Waals surface area contributed by atoms with Crippen molar-refractivity contribution in [2.75, 3.05) is 13.1 Å². The molecule has 0 aromatic carbocycles. The Labute approximate surface area is 105 Å². The SMILES string of the molecule is Clc1cc(CN2CCCC(Cl)CC2)cs1. The van der Waals surface area contributed by atoms with Gasteiger partial charge in [0.15, 0.2) is 0 Å². The molecule has 1 atom stereocenters. The van der Waals surface area contributed by atoms with Gasteiger partial charge in [-0.15, -0.1) is 22.9 Å².